The Hall–Kier alpha value is -4.18. The average molecular weight is 593 g/mol. The van der Waals surface area contributed by atoms with Crippen molar-refractivity contribution < 1.29 is 19.5 Å². The second kappa shape index (κ2) is 11.5. The fraction of sp³-hybridized carbons (Fsp3) is 0.185. The summed E-state index contributed by atoms with van der Waals surface area (Å²) in [5.41, 5.74) is 8.85. The molecule has 0 bridgehead atoms. The third-order valence-corrected chi connectivity index (χ3v) is 8.72. The van der Waals surface area contributed by atoms with Crippen LogP contribution in [-0.2, 0) is 9.59 Å². The van der Waals surface area contributed by atoms with Crippen LogP contribution in [0.1, 0.15) is 41.1 Å². The number of carbonyl (C=O) groups is 3. The van der Waals surface area contributed by atoms with Crippen molar-refractivity contribution in [3.8, 4) is 6.07 Å². The number of amides is 1. The van der Waals surface area contributed by atoms with E-state index in [0.29, 0.717) is 50.6 Å². The zero-order valence-corrected chi connectivity index (χ0v) is 23.1. The minimum absolute atomic E-state index is 0.0121. The summed E-state index contributed by atoms with van der Waals surface area (Å²) in [6.07, 6.45) is 1.55. The topological polar surface area (TPSA) is 162 Å². The predicted octanol–water partition coefficient (Wildman–Crippen LogP) is 4.93. The van der Waals surface area contributed by atoms with Gasteiger partial charge in [0, 0.05) is 22.7 Å². The number of thioether (sulfide) groups is 1. The number of allylic oxidation sites excluding steroid dienone is 3. The van der Waals surface area contributed by atoms with Crippen LogP contribution in [0.25, 0.3) is 0 Å². The quantitative estimate of drug-likeness (QED) is 0.321. The average Bonchev–Trinajstić information content (AvgIpc) is 3.40. The van der Waals surface area contributed by atoms with Crippen LogP contribution < -0.4 is 16.0 Å². The highest BCUT2D eigenvalue weighted by Gasteiger charge is 2.41. The number of anilines is 2. The van der Waals surface area contributed by atoms with Crippen LogP contribution >= 0.6 is 34.7 Å². The van der Waals surface area contributed by atoms with Crippen LogP contribution in [0, 0.1) is 11.3 Å². The molecular formula is C27H21ClN6O4S2. The molecule has 0 saturated carbocycles. The number of Topliss-reactive ketones (excluding diaryl/α,β-unsaturated/α-hetero) is 1. The van der Waals surface area contributed by atoms with E-state index in [1.807, 2.05) is 6.07 Å². The van der Waals surface area contributed by atoms with E-state index in [2.05, 4.69) is 21.6 Å². The first-order valence-corrected chi connectivity index (χ1v) is 14.3. The summed E-state index contributed by atoms with van der Waals surface area (Å²) in [4.78, 5) is 38.8. The lowest BCUT2D eigenvalue weighted by molar-refractivity contribution is -0.116. The van der Waals surface area contributed by atoms with Crippen molar-refractivity contribution in [3.05, 3.63) is 87.3 Å². The summed E-state index contributed by atoms with van der Waals surface area (Å²) < 4.78 is 0.462. The highest BCUT2D eigenvalue weighted by molar-refractivity contribution is 8.01. The number of carboxylic acids is 1. The van der Waals surface area contributed by atoms with Crippen molar-refractivity contribution in [3.63, 3.8) is 0 Å². The number of hydrogen-bond acceptors (Lipinski definition) is 10. The maximum Gasteiger partial charge on any atom is 0.337 e. The first kappa shape index (κ1) is 27.4. The lowest BCUT2D eigenvalue weighted by Gasteiger charge is -2.38. The van der Waals surface area contributed by atoms with Gasteiger partial charge in [0.1, 0.15) is 5.82 Å². The van der Waals surface area contributed by atoms with Gasteiger partial charge in [-0.2, -0.15) is 5.26 Å². The molecule has 2 aliphatic rings. The normalized spacial score (nSPS) is 16.9. The lowest BCUT2D eigenvalue weighted by Crippen LogP contribution is -2.38. The van der Waals surface area contributed by atoms with Crippen LogP contribution in [0.5, 0.6) is 0 Å². The lowest BCUT2D eigenvalue weighted by atomic mass is 9.76. The van der Waals surface area contributed by atoms with Gasteiger partial charge in [0.05, 0.1) is 34.6 Å². The van der Waals surface area contributed by atoms with Gasteiger partial charge in [-0.3, -0.25) is 14.5 Å². The number of nitrogens with zero attached hydrogens (tertiary/aromatic N) is 4. The van der Waals surface area contributed by atoms with E-state index in [1.54, 1.807) is 35.2 Å². The molecule has 2 aromatic carbocycles. The van der Waals surface area contributed by atoms with Gasteiger partial charge in [-0.1, -0.05) is 59.0 Å². The summed E-state index contributed by atoms with van der Waals surface area (Å²) in [6.45, 7) is 0. The molecule has 40 heavy (non-hydrogen) atoms. The van der Waals surface area contributed by atoms with E-state index in [-0.39, 0.29) is 34.2 Å². The van der Waals surface area contributed by atoms with Crippen molar-refractivity contribution in [1.82, 2.24) is 10.2 Å². The van der Waals surface area contributed by atoms with Crippen molar-refractivity contribution in [2.75, 3.05) is 16.0 Å². The Morgan fingerprint density at radius 2 is 2.02 bits per heavy atom. The molecule has 1 atom stereocenters. The van der Waals surface area contributed by atoms with Gasteiger partial charge in [0.2, 0.25) is 11.0 Å². The van der Waals surface area contributed by atoms with E-state index in [0.717, 1.165) is 11.8 Å². The highest BCUT2D eigenvalue weighted by Crippen LogP contribution is 2.47. The molecule has 1 aromatic heterocycles. The summed E-state index contributed by atoms with van der Waals surface area (Å²) in [6, 6.07) is 15.4. The number of nitriles is 1. The number of aromatic nitrogens is 2. The third kappa shape index (κ3) is 5.31. The monoisotopic (exact) mass is 592 g/mol. The summed E-state index contributed by atoms with van der Waals surface area (Å²) in [5, 5.41) is 31.4. The largest absolute Gasteiger partial charge is 0.478 e. The summed E-state index contributed by atoms with van der Waals surface area (Å²) in [5.74, 6) is -2.13. The van der Waals surface area contributed by atoms with Gasteiger partial charge in [-0.05, 0) is 42.7 Å². The Kier molecular flexibility index (Phi) is 7.88. The van der Waals surface area contributed by atoms with Crippen LogP contribution in [0.3, 0.4) is 0 Å². The zero-order chi connectivity index (χ0) is 28.4. The molecule has 4 N–H and O–H groups in total. The number of ketones is 1. The number of para-hydroxylation sites is 1. The number of hydrogen-bond donors (Lipinski definition) is 3. The molecule has 0 fully saturated rings. The smallest absolute Gasteiger partial charge is 0.337 e. The summed E-state index contributed by atoms with van der Waals surface area (Å²) >= 11 is 8.53. The number of rotatable bonds is 7. The molecule has 1 aliphatic carbocycles. The first-order chi connectivity index (χ1) is 19.3. The fourth-order valence-corrected chi connectivity index (χ4v) is 6.65. The van der Waals surface area contributed by atoms with Crippen molar-refractivity contribution in [2.24, 2.45) is 5.73 Å². The second-order valence-corrected chi connectivity index (χ2v) is 11.5. The van der Waals surface area contributed by atoms with Gasteiger partial charge >= 0.3 is 5.97 Å². The van der Waals surface area contributed by atoms with E-state index < -0.39 is 17.8 Å². The van der Waals surface area contributed by atoms with Crippen molar-refractivity contribution >= 4 is 63.2 Å². The fourth-order valence-electron chi connectivity index (χ4n) is 4.77. The van der Waals surface area contributed by atoms with Gasteiger partial charge in [0.15, 0.2) is 10.1 Å². The van der Waals surface area contributed by atoms with Crippen LogP contribution in [0.15, 0.2) is 75.5 Å². The molecule has 1 amide bonds. The number of carboxylic acid groups (broad SMARTS) is 1. The maximum absolute atomic E-state index is 13.2. The van der Waals surface area contributed by atoms with Crippen LogP contribution in [0.4, 0.5) is 10.8 Å². The van der Waals surface area contributed by atoms with Gasteiger partial charge in [-0.15, -0.1) is 10.2 Å². The predicted molar refractivity (Wildman–Crippen MR) is 152 cm³/mol. The molecule has 2 heterocycles. The van der Waals surface area contributed by atoms with Gasteiger partial charge < -0.3 is 16.2 Å². The molecule has 0 spiro atoms. The molecular weight excluding hydrogens is 572 g/mol. The molecule has 3 aromatic rings. The molecule has 0 saturated heterocycles. The minimum Gasteiger partial charge on any atom is -0.478 e. The molecule has 13 heteroatoms. The molecule has 10 nitrogen and oxygen atoms in total. The van der Waals surface area contributed by atoms with Crippen molar-refractivity contribution in [1.29, 1.82) is 5.26 Å². The number of aromatic carboxylic acids is 1. The number of benzene rings is 2. The Bertz CT molecular complexity index is 1640. The van der Waals surface area contributed by atoms with Gasteiger partial charge in [0.25, 0.3) is 0 Å². The Labute approximate surface area is 242 Å². The Morgan fingerprint density at radius 3 is 2.77 bits per heavy atom. The number of carbonyl (C=O) groups excluding carboxylic acids is 2. The zero-order valence-electron chi connectivity index (χ0n) is 20.8. The van der Waals surface area contributed by atoms with E-state index in [4.69, 9.17) is 17.3 Å². The Balaban J connectivity index is 1.41. The Morgan fingerprint density at radius 1 is 1.23 bits per heavy atom. The molecule has 1 aliphatic heterocycles. The highest BCUT2D eigenvalue weighted by atomic mass is 35.5. The first-order valence-electron chi connectivity index (χ1n) is 12.1. The molecule has 0 radical (unpaired) electrons. The maximum atomic E-state index is 13.2. The number of halogens is 1. The van der Waals surface area contributed by atoms with E-state index in [1.165, 1.54) is 23.5 Å². The number of nitrogens with two attached hydrogens (primary N) is 1. The van der Waals surface area contributed by atoms with Crippen molar-refractivity contribution in [2.45, 2.75) is 29.5 Å². The minimum atomic E-state index is -1.14. The standard InChI is InChI=1S/C27H21ClN6O4S2/c28-15-6-3-5-14(11-15)22-17(12-29)24(30)34(19-9-4-10-20(35)23(19)22)26-32-33-27(40-26)39-13-21(36)31-18-8-2-1-7-16(18)25(37)38/h1-3,5-8,11,22H,4,9-10,13,30H2,(H,31,36)(H,37,38). The SMILES string of the molecule is N#CC1=C(N)N(c2nnc(SCC(=O)Nc3ccccc3C(=O)O)s2)C2=C(C(=O)CCC2)C1c1cccc(Cl)c1. The molecule has 1 unspecified atom stereocenters. The molecule has 5 rings (SSSR count). The van der Waals surface area contributed by atoms with E-state index in [9.17, 15) is 24.8 Å². The van der Waals surface area contributed by atoms with E-state index >= 15 is 0 Å². The summed E-state index contributed by atoms with van der Waals surface area (Å²) in [7, 11) is 0. The second-order valence-electron chi connectivity index (χ2n) is 8.91. The third-order valence-electron chi connectivity index (χ3n) is 6.44. The van der Waals surface area contributed by atoms with Gasteiger partial charge in [-0.25, -0.2) is 4.79 Å². The molecule has 202 valence electrons. The number of nitrogens with one attached hydrogen (secondary N) is 1. The van der Waals surface area contributed by atoms with Crippen LogP contribution in [0.2, 0.25) is 5.02 Å². The van der Waals surface area contributed by atoms with Crippen LogP contribution in [-0.4, -0.2) is 38.7 Å².